The molecule has 0 spiro atoms. The highest BCUT2D eigenvalue weighted by Crippen LogP contribution is 2.48. The number of hydrogen-bond donors (Lipinski definition) is 1. The zero-order valence-electron chi connectivity index (χ0n) is 14.8. The van der Waals surface area contributed by atoms with Crippen LogP contribution >= 0.6 is 0 Å². The van der Waals surface area contributed by atoms with Crippen molar-refractivity contribution in [1.82, 2.24) is 0 Å². The molecule has 5 nitrogen and oxygen atoms in total. The van der Waals surface area contributed by atoms with Gasteiger partial charge in [0.15, 0.2) is 6.10 Å². The molecule has 26 heavy (non-hydrogen) atoms. The largest absolute Gasteiger partial charge is 0.497 e. The Morgan fingerprint density at radius 1 is 1.00 bits per heavy atom. The molecular weight excluding hydrogens is 330 g/mol. The van der Waals surface area contributed by atoms with E-state index >= 15 is 0 Å². The maximum atomic E-state index is 12.5. The lowest BCUT2D eigenvalue weighted by Gasteiger charge is -2.26. The molecule has 1 N–H and O–H groups in total. The fourth-order valence-electron chi connectivity index (χ4n) is 3.31. The van der Waals surface area contributed by atoms with Crippen molar-refractivity contribution < 1.29 is 19.0 Å². The Bertz CT molecular complexity index is 1010. The minimum atomic E-state index is -0.625. The lowest BCUT2D eigenvalue weighted by molar-refractivity contribution is -0.122. The monoisotopic (exact) mass is 349 g/mol. The summed E-state index contributed by atoms with van der Waals surface area (Å²) >= 11 is 0. The van der Waals surface area contributed by atoms with Gasteiger partial charge >= 0.3 is 0 Å². The third kappa shape index (κ3) is 2.52. The van der Waals surface area contributed by atoms with Gasteiger partial charge in [-0.2, -0.15) is 0 Å². The molecule has 4 rings (SSSR count). The van der Waals surface area contributed by atoms with Crippen LogP contribution in [0, 0.1) is 0 Å². The van der Waals surface area contributed by atoms with Crippen molar-refractivity contribution in [2.24, 2.45) is 0 Å². The fraction of sp³-hybridized carbons (Fsp3) is 0.190. The van der Waals surface area contributed by atoms with E-state index in [0.717, 1.165) is 21.9 Å². The predicted molar refractivity (Wildman–Crippen MR) is 101 cm³/mol. The summed E-state index contributed by atoms with van der Waals surface area (Å²) in [5.41, 5.74) is 2.31. The number of carbonyl (C=O) groups is 1. The summed E-state index contributed by atoms with van der Waals surface area (Å²) in [4.78, 5) is 12.5. The zero-order chi connectivity index (χ0) is 18.3. The van der Waals surface area contributed by atoms with Crippen molar-refractivity contribution >= 4 is 22.4 Å². The number of fused-ring (bicyclic) bond motifs is 5. The van der Waals surface area contributed by atoms with Gasteiger partial charge in [0, 0.05) is 17.7 Å². The molecule has 1 heterocycles. The molecule has 0 unspecified atom stereocenters. The van der Waals surface area contributed by atoms with Crippen LogP contribution in [0.3, 0.4) is 0 Å². The fourth-order valence-corrected chi connectivity index (χ4v) is 3.31. The number of anilines is 1. The molecule has 3 aromatic rings. The van der Waals surface area contributed by atoms with Crippen LogP contribution in [0.15, 0.2) is 48.5 Å². The van der Waals surface area contributed by atoms with E-state index in [9.17, 15) is 4.79 Å². The van der Waals surface area contributed by atoms with E-state index in [1.165, 1.54) is 0 Å². The van der Waals surface area contributed by atoms with Gasteiger partial charge in [0.05, 0.1) is 25.5 Å². The first-order valence-electron chi connectivity index (χ1n) is 8.38. The number of rotatable bonds is 2. The van der Waals surface area contributed by atoms with Gasteiger partial charge in [-0.3, -0.25) is 4.79 Å². The smallest absolute Gasteiger partial charge is 0.265 e. The van der Waals surface area contributed by atoms with Crippen molar-refractivity contribution in [2.45, 2.75) is 13.0 Å². The number of methoxy groups -OCH3 is 2. The van der Waals surface area contributed by atoms with Crippen LogP contribution in [-0.2, 0) is 4.79 Å². The molecule has 0 saturated carbocycles. The first-order valence-corrected chi connectivity index (χ1v) is 8.38. The SMILES string of the molecule is COc1cc2c(c(OC)c1)-c1c(ccc3ccccc13)O[C@@H](C)C(=O)N2. The molecule has 1 amide bonds. The van der Waals surface area contributed by atoms with E-state index in [4.69, 9.17) is 14.2 Å². The molecule has 0 aromatic heterocycles. The Balaban J connectivity index is 2.13. The van der Waals surface area contributed by atoms with E-state index in [2.05, 4.69) is 5.32 Å². The van der Waals surface area contributed by atoms with Crippen molar-refractivity contribution in [3.8, 4) is 28.4 Å². The maximum absolute atomic E-state index is 12.5. The Kier molecular flexibility index (Phi) is 3.92. The molecule has 3 aromatic carbocycles. The highest BCUT2D eigenvalue weighted by atomic mass is 16.5. The Morgan fingerprint density at radius 3 is 2.58 bits per heavy atom. The summed E-state index contributed by atoms with van der Waals surface area (Å²) in [6.45, 7) is 1.73. The van der Waals surface area contributed by atoms with Crippen LogP contribution in [0.5, 0.6) is 17.2 Å². The van der Waals surface area contributed by atoms with Gasteiger partial charge in [0.1, 0.15) is 17.2 Å². The maximum Gasteiger partial charge on any atom is 0.265 e. The number of nitrogens with one attached hydrogen (secondary N) is 1. The topological polar surface area (TPSA) is 56.8 Å². The molecule has 0 bridgehead atoms. The second-order valence-corrected chi connectivity index (χ2v) is 6.16. The number of carbonyl (C=O) groups excluding carboxylic acids is 1. The van der Waals surface area contributed by atoms with E-state index in [1.807, 2.05) is 42.5 Å². The van der Waals surface area contributed by atoms with E-state index in [-0.39, 0.29) is 5.91 Å². The van der Waals surface area contributed by atoms with Gasteiger partial charge in [-0.15, -0.1) is 0 Å². The van der Waals surface area contributed by atoms with Gasteiger partial charge in [-0.05, 0) is 23.8 Å². The molecular formula is C21H19NO4. The third-order valence-electron chi connectivity index (χ3n) is 4.60. The van der Waals surface area contributed by atoms with Crippen molar-refractivity contribution in [3.05, 3.63) is 48.5 Å². The van der Waals surface area contributed by atoms with Crippen molar-refractivity contribution in [1.29, 1.82) is 0 Å². The highest BCUT2D eigenvalue weighted by molar-refractivity contribution is 6.08. The molecule has 0 saturated heterocycles. The lowest BCUT2D eigenvalue weighted by Crippen LogP contribution is -2.31. The van der Waals surface area contributed by atoms with Gasteiger partial charge in [0.2, 0.25) is 0 Å². The summed E-state index contributed by atoms with van der Waals surface area (Å²) < 4.78 is 17.0. The zero-order valence-corrected chi connectivity index (χ0v) is 14.8. The normalized spacial score (nSPS) is 15.8. The van der Waals surface area contributed by atoms with Gasteiger partial charge in [0.25, 0.3) is 5.91 Å². The summed E-state index contributed by atoms with van der Waals surface area (Å²) in [6.07, 6.45) is -0.625. The van der Waals surface area contributed by atoms with Gasteiger partial charge in [-0.25, -0.2) is 0 Å². The minimum Gasteiger partial charge on any atom is -0.497 e. The summed E-state index contributed by atoms with van der Waals surface area (Å²) in [5, 5.41) is 5.05. The number of amides is 1. The molecule has 1 aliphatic heterocycles. The Labute approximate surface area is 151 Å². The molecule has 132 valence electrons. The van der Waals surface area contributed by atoms with Crippen LogP contribution in [-0.4, -0.2) is 26.2 Å². The first kappa shape index (κ1) is 16.3. The van der Waals surface area contributed by atoms with Crippen LogP contribution < -0.4 is 19.5 Å². The number of hydrogen-bond acceptors (Lipinski definition) is 4. The summed E-state index contributed by atoms with van der Waals surface area (Å²) in [7, 11) is 3.19. The van der Waals surface area contributed by atoms with Crippen LogP contribution in [0.4, 0.5) is 5.69 Å². The minimum absolute atomic E-state index is 0.222. The van der Waals surface area contributed by atoms with E-state index in [0.29, 0.717) is 22.9 Å². The third-order valence-corrected chi connectivity index (χ3v) is 4.60. The summed E-state index contributed by atoms with van der Waals surface area (Å²) in [5.74, 6) is 1.64. The number of benzene rings is 3. The summed E-state index contributed by atoms with van der Waals surface area (Å²) in [6, 6.07) is 15.6. The quantitative estimate of drug-likeness (QED) is 0.752. The first-order chi connectivity index (χ1) is 12.6. The average Bonchev–Trinajstić information content (AvgIpc) is 2.66. The molecule has 0 aliphatic carbocycles. The van der Waals surface area contributed by atoms with Gasteiger partial charge in [-0.1, -0.05) is 30.3 Å². The second-order valence-electron chi connectivity index (χ2n) is 6.16. The van der Waals surface area contributed by atoms with Crippen LogP contribution in [0.2, 0.25) is 0 Å². The number of ether oxygens (including phenoxy) is 3. The van der Waals surface area contributed by atoms with Crippen LogP contribution in [0.25, 0.3) is 21.9 Å². The van der Waals surface area contributed by atoms with Crippen molar-refractivity contribution in [2.75, 3.05) is 19.5 Å². The molecule has 1 aliphatic rings. The van der Waals surface area contributed by atoms with Crippen LogP contribution in [0.1, 0.15) is 6.92 Å². The molecule has 1 atom stereocenters. The highest BCUT2D eigenvalue weighted by Gasteiger charge is 2.27. The second kappa shape index (κ2) is 6.26. The van der Waals surface area contributed by atoms with Gasteiger partial charge < -0.3 is 19.5 Å². The predicted octanol–water partition coefficient (Wildman–Crippen LogP) is 4.24. The standard InChI is InChI=1S/C21H19NO4/c1-12-21(23)22-16-10-14(24-2)11-18(25-3)20(16)19-15-7-5-4-6-13(15)8-9-17(19)26-12/h4-12H,1-3H3,(H,22,23)/t12-/m0/s1. The molecule has 0 fully saturated rings. The Hall–Kier alpha value is -3.21. The molecule has 0 radical (unpaired) electrons. The van der Waals surface area contributed by atoms with E-state index in [1.54, 1.807) is 27.2 Å². The van der Waals surface area contributed by atoms with Crippen molar-refractivity contribution in [3.63, 3.8) is 0 Å². The Morgan fingerprint density at radius 2 is 1.81 bits per heavy atom. The van der Waals surface area contributed by atoms with E-state index < -0.39 is 6.10 Å². The molecule has 5 heteroatoms. The lowest BCUT2D eigenvalue weighted by atomic mass is 9.94. The average molecular weight is 349 g/mol.